The van der Waals surface area contributed by atoms with Crippen LogP contribution in [0.5, 0.6) is 11.5 Å². The molecule has 0 saturated heterocycles. The molecule has 2 nitrogen and oxygen atoms in total. The van der Waals surface area contributed by atoms with Crippen molar-refractivity contribution in [3.63, 3.8) is 0 Å². The van der Waals surface area contributed by atoms with Crippen LogP contribution in [0.25, 0.3) is 55.3 Å². The summed E-state index contributed by atoms with van der Waals surface area (Å²) in [4.78, 5) is 2.38. The van der Waals surface area contributed by atoms with Crippen molar-refractivity contribution in [2.45, 2.75) is 5.41 Å². The number of ether oxygens (including phenoxy) is 1. The van der Waals surface area contributed by atoms with Crippen LogP contribution in [0.15, 0.2) is 237 Å². The van der Waals surface area contributed by atoms with Gasteiger partial charge < -0.3 is 9.64 Å². The molecule has 0 saturated carbocycles. The molecule has 10 aromatic rings. The van der Waals surface area contributed by atoms with Crippen LogP contribution in [-0.4, -0.2) is 0 Å². The minimum atomic E-state index is -0.556. The monoisotopic (exact) mass is 777 g/mol. The molecule has 1 aliphatic carbocycles. The van der Waals surface area contributed by atoms with Crippen LogP contribution in [0.2, 0.25) is 0 Å². The van der Waals surface area contributed by atoms with Gasteiger partial charge in [-0.2, -0.15) is 0 Å². The molecule has 0 fully saturated rings. The summed E-state index contributed by atoms with van der Waals surface area (Å²) in [6.07, 6.45) is 0. The molecule has 61 heavy (non-hydrogen) atoms. The van der Waals surface area contributed by atoms with E-state index < -0.39 is 5.41 Å². The lowest BCUT2D eigenvalue weighted by Gasteiger charge is -2.40. The Bertz CT molecular complexity index is 3260. The van der Waals surface area contributed by atoms with Crippen LogP contribution in [0.3, 0.4) is 0 Å². The maximum absolute atomic E-state index is 6.89. The summed E-state index contributed by atoms with van der Waals surface area (Å²) in [5, 5.41) is 2.29. The fourth-order valence-corrected chi connectivity index (χ4v) is 10.0. The molecule has 0 bridgehead atoms. The van der Waals surface area contributed by atoms with Gasteiger partial charge in [-0.05, 0) is 97.9 Å². The van der Waals surface area contributed by atoms with Gasteiger partial charge in [0.25, 0.3) is 0 Å². The van der Waals surface area contributed by atoms with Gasteiger partial charge >= 0.3 is 0 Å². The molecule has 0 radical (unpaired) electrons. The predicted molar refractivity (Wildman–Crippen MR) is 252 cm³/mol. The number of nitrogens with zero attached hydrogens (tertiary/aromatic N) is 1. The zero-order valence-electron chi connectivity index (χ0n) is 33.4. The summed E-state index contributed by atoms with van der Waals surface area (Å²) in [6.45, 7) is 0. The van der Waals surface area contributed by atoms with Crippen LogP contribution in [0, 0.1) is 0 Å². The largest absolute Gasteiger partial charge is 0.456 e. The van der Waals surface area contributed by atoms with Crippen molar-refractivity contribution in [2.75, 3.05) is 4.90 Å². The van der Waals surface area contributed by atoms with Gasteiger partial charge in [-0.15, -0.1) is 0 Å². The predicted octanol–water partition coefficient (Wildman–Crippen LogP) is 15.8. The first-order valence-corrected chi connectivity index (χ1v) is 21.0. The van der Waals surface area contributed by atoms with Crippen molar-refractivity contribution >= 4 is 27.8 Å². The lowest BCUT2D eigenvalue weighted by molar-refractivity contribution is 0.442. The van der Waals surface area contributed by atoms with E-state index in [-0.39, 0.29) is 0 Å². The molecule has 1 aliphatic heterocycles. The van der Waals surface area contributed by atoms with Crippen molar-refractivity contribution in [3.8, 4) is 56.0 Å². The summed E-state index contributed by atoms with van der Waals surface area (Å²) >= 11 is 0. The fourth-order valence-electron chi connectivity index (χ4n) is 10.0. The number of benzene rings is 10. The summed E-state index contributed by atoms with van der Waals surface area (Å²) in [6, 6.07) is 85.8. The highest BCUT2D eigenvalue weighted by molar-refractivity contribution is 5.97. The molecule has 0 aromatic heterocycles. The van der Waals surface area contributed by atoms with Crippen LogP contribution < -0.4 is 9.64 Å². The van der Waals surface area contributed by atoms with Crippen LogP contribution in [-0.2, 0) is 5.41 Å². The second-order valence-electron chi connectivity index (χ2n) is 16.0. The molecular formula is C59H39NO. The Kier molecular flexibility index (Phi) is 8.11. The van der Waals surface area contributed by atoms with Gasteiger partial charge in [0.05, 0.1) is 11.1 Å². The summed E-state index contributed by atoms with van der Waals surface area (Å²) in [5.74, 6) is 1.83. The summed E-state index contributed by atoms with van der Waals surface area (Å²) < 4.78 is 6.89. The van der Waals surface area contributed by atoms with Crippen molar-refractivity contribution in [1.82, 2.24) is 0 Å². The molecule has 2 heteroatoms. The molecule has 10 aromatic carbocycles. The van der Waals surface area contributed by atoms with Crippen molar-refractivity contribution in [1.29, 1.82) is 0 Å². The highest BCUT2D eigenvalue weighted by Gasteiger charge is 2.51. The van der Waals surface area contributed by atoms with Crippen LogP contribution in [0.1, 0.15) is 22.3 Å². The third-order valence-electron chi connectivity index (χ3n) is 12.8. The topological polar surface area (TPSA) is 12.5 Å². The first-order valence-electron chi connectivity index (χ1n) is 21.0. The smallest absolute Gasteiger partial charge is 0.140 e. The first kappa shape index (κ1) is 35.0. The summed E-state index contributed by atoms with van der Waals surface area (Å²) in [5.41, 5.74) is 17.3. The number of para-hydroxylation sites is 2. The Balaban J connectivity index is 1.01. The number of fused-ring (bicyclic) bond motifs is 11. The SMILES string of the molecule is c1ccc(-c2ccc(N(c3ccc(-c4ccc5c(c4)C4(c6ccccc6Oc6c4ccc4ccccc64)c4ccccc4-5)cc3)c3ccccc3-c3ccccc3)cc2)cc1. The standard InChI is InChI=1S/C59H39NO/c1-3-15-40(16-4-1)41-27-33-46(34-28-41)60(56-25-13-10-20-48(56)43-17-5-2-6-18-43)47-35-29-42(30-36-47)45-31-37-51-50-22-9-11-23-52(50)59(55(51)39-45)53-24-12-14-26-57(53)61-58-49-21-8-7-19-44(49)32-38-54(58)59/h1-39H. The van der Waals surface area contributed by atoms with Gasteiger partial charge in [0, 0.05) is 33.5 Å². The second-order valence-corrected chi connectivity index (χ2v) is 16.0. The maximum Gasteiger partial charge on any atom is 0.140 e. The van der Waals surface area contributed by atoms with Gasteiger partial charge in [-0.3, -0.25) is 0 Å². The van der Waals surface area contributed by atoms with Crippen molar-refractivity contribution in [3.05, 3.63) is 259 Å². The molecule has 2 aliphatic rings. The minimum Gasteiger partial charge on any atom is -0.456 e. The highest BCUT2D eigenvalue weighted by Crippen LogP contribution is 2.63. The Morgan fingerprint density at radius 1 is 0.328 bits per heavy atom. The van der Waals surface area contributed by atoms with E-state index in [0.29, 0.717) is 0 Å². The Morgan fingerprint density at radius 3 is 1.62 bits per heavy atom. The first-order chi connectivity index (χ1) is 30.3. The van der Waals surface area contributed by atoms with Crippen LogP contribution in [0.4, 0.5) is 17.1 Å². The lowest BCUT2D eigenvalue weighted by atomic mass is 9.65. The van der Waals surface area contributed by atoms with Crippen molar-refractivity contribution in [2.24, 2.45) is 0 Å². The normalized spacial score (nSPS) is 14.4. The third kappa shape index (κ3) is 5.50. The average Bonchev–Trinajstić information content (AvgIpc) is 3.62. The molecule has 1 spiro atoms. The Hall–Kier alpha value is -7.94. The number of hydrogen-bond donors (Lipinski definition) is 0. The maximum atomic E-state index is 6.89. The average molecular weight is 778 g/mol. The van der Waals surface area contributed by atoms with E-state index >= 15 is 0 Å². The number of anilines is 3. The van der Waals surface area contributed by atoms with E-state index in [2.05, 4.69) is 241 Å². The van der Waals surface area contributed by atoms with Gasteiger partial charge in [0.1, 0.15) is 11.5 Å². The van der Waals surface area contributed by atoms with E-state index in [9.17, 15) is 0 Å². The Labute approximate surface area is 356 Å². The molecule has 1 atom stereocenters. The molecule has 0 amide bonds. The summed E-state index contributed by atoms with van der Waals surface area (Å²) in [7, 11) is 0. The zero-order chi connectivity index (χ0) is 40.3. The van der Waals surface area contributed by atoms with Gasteiger partial charge in [-0.25, -0.2) is 0 Å². The quantitative estimate of drug-likeness (QED) is 0.167. The Morgan fingerprint density at radius 2 is 0.869 bits per heavy atom. The highest BCUT2D eigenvalue weighted by atomic mass is 16.5. The third-order valence-corrected chi connectivity index (χ3v) is 12.8. The van der Waals surface area contributed by atoms with Crippen molar-refractivity contribution < 1.29 is 4.74 Å². The lowest BCUT2D eigenvalue weighted by Crippen LogP contribution is -2.32. The zero-order valence-corrected chi connectivity index (χ0v) is 33.4. The van der Waals surface area contributed by atoms with Gasteiger partial charge in [0.15, 0.2) is 0 Å². The molecule has 0 N–H and O–H groups in total. The van der Waals surface area contributed by atoms with E-state index in [0.717, 1.165) is 39.5 Å². The minimum absolute atomic E-state index is 0.556. The van der Waals surface area contributed by atoms with Gasteiger partial charge in [0.2, 0.25) is 0 Å². The van der Waals surface area contributed by atoms with E-state index in [1.165, 1.54) is 66.6 Å². The molecule has 1 heterocycles. The molecule has 1 unspecified atom stereocenters. The fraction of sp³-hybridized carbons (Fsp3) is 0.0169. The van der Waals surface area contributed by atoms with Crippen LogP contribution >= 0.6 is 0 Å². The molecule has 12 rings (SSSR count). The molecular weight excluding hydrogens is 739 g/mol. The van der Waals surface area contributed by atoms with E-state index in [4.69, 9.17) is 4.74 Å². The van der Waals surface area contributed by atoms with E-state index in [1.54, 1.807) is 0 Å². The van der Waals surface area contributed by atoms with E-state index in [1.807, 2.05) is 0 Å². The second kappa shape index (κ2) is 14.1. The number of hydrogen-bond acceptors (Lipinski definition) is 2. The molecule has 286 valence electrons. The van der Waals surface area contributed by atoms with Gasteiger partial charge in [-0.1, -0.05) is 194 Å². The number of rotatable bonds is 6.